The normalized spacial score (nSPS) is 15.1. The van der Waals surface area contributed by atoms with Crippen LogP contribution in [0.5, 0.6) is 11.5 Å². The van der Waals surface area contributed by atoms with Crippen LogP contribution in [0.4, 0.5) is 0 Å². The fraction of sp³-hybridized carbons (Fsp3) is 0.174. The zero-order valence-corrected chi connectivity index (χ0v) is 18.5. The van der Waals surface area contributed by atoms with Crippen LogP contribution < -0.4 is 20.8 Å². The molecule has 2 N–H and O–H groups in total. The van der Waals surface area contributed by atoms with E-state index in [1.807, 2.05) is 31.2 Å². The first-order valence-corrected chi connectivity index (χ1v) is 10.3. The lowest BCUT2D eigenvalue weighted by atomic mass is 9.83. The number of ether oxygens (including phenoxy) is 2. The predicted octanol–water partition coefficient (Wildman–Crippen LogP) is 3.59. The van der Waals surface area contributed by atoms with Gasteiger partial charge in [0.15, 0.2) is 0 Å². The summed E-state index contributed by atoms with van der Waals surface area (Å²) >= 11 is 3.47. The molecule has 1 atom stereocenters. The number of benzene rings is 1. The predicted molar refractivity (Wildman–Crippen MR) is 119 cm³/mol. The number of hydrogen-bond donors (Lipinski definition) is 1. The van der Waals surface area contributed by atoms with Crippen LogP contribution in [0.25, 0.3) is 0 Å². The van der Waals surface area contributed by atoms with Gasteiger partial charge in [0.05, 0.1) is 25.1 Å². The molecule has 1 aromatic carbocycles. The van der Waals surface area contributed by atoms with Crippen molar-refractivity contribution in [3.05, 3.63) is 97.5 Å². The zero-order valence-electron chi connectivity index (χ0n) is 16.9. The molecular formula is C23H19BrN4O3. The van der Waals surface area contributed by atoms with Gasteiger partial charge in [0.1, 0.15) is 23.1 Å². The largest absolute Gasteiger partial charge is 0.496 e. The number of methoxy groups -OCH3 is 1. The van der Waals surface area contributed by atoms with Crippen LogP contribution in [0.2, 0.25) is 0 Å². The van der Waals surface area contributed by atoms with Crippen molar-refractivity contribution in [1.29, 1.82) is 5.26 Å². The maximum atomic E-state index is 13.7. The molecule has 0 saturated carbocycles. The Kier molecular flexibility index (Phi) is 5.53. The standard InChI is InChI=1S/C23H19BrN4O3/c1-13-8-19-21(23(29)28(13)12-14-4-3-7-27-11-14)20(17(10-25)22(26)31-19)16-9-15(24)5-6-18(16)30-2/h3-9,11,20H,12,26H2,1-2H3/t20-/m0/s1. The number of halogens is 1. The molecule has 31 heavy (non-hydrogen) atoms. The van der Waals surface area contributed by atoms with Gasteiger partial charge in [-0.1, -0.05) is 22.0 Å². The van der Waals surface area contributed by atoms with E-state index in [9.17, 15) is 10.1 Å². The second kappa shape index (κ2) is 8.28. The number of fused-ring (bicyclic) bond motifs is 1. The zero-order chi connectivity index (χ0) is 22.1. The van der Waals surface area contributed by atoms with Gasteiger partial charge in [-0.25, -0.2) is 0 Å². The van der Waals surface area contributed by atoms with Crippen molar-refractivity contribution in [3.63, 3.8) is 0 Å². The average molecular weight is 479 g/mol. The second-order valence-corrected chi connectivity index (χ2v) is 8.04. The number of rotatable bonds is 4. The number of nitriles is 1. The summed E-state index contributed by atoms with van der Waals surface area (Å²) in [6.45, 7) is 2.17. The minimum absolute atomic E-state index is 0.0224. The number of aromatic nitrogens is 2. The molecule has 3 aromatic rings. The van der Waals surface area contributed by atoms with Crippen molar-refractivity contribution in [2.45, 2.75) is 19.4 Å². The maximum absolute atomic E-state index is 13.7. The van der Waals surface area contributed by atoms with Gasteiger partial charge in [-0.3, -0.25) is 9.78 Å². The molecule has 0 fully saturated rings. The fourth-order valence-corrected chi connectivity index (χ4v) is 4.18. The first kappa shape index (κ1) is 20.7. The Morgan fingerprint density at radius 3 is 2.84 bits per heavy atom. The molecule has 0 amide bonds. The summed E-state index contributed by atoms with van der Waals surface area (Å²) in [4.78, 5) is 17.8. The van der Waals surface area contributed by atoms with Gasteiger partial charge in [-0.2, -0.15) is 5.26 Å². The lowest BCUT2D eigenvalue weighted by Gasteiger charge is -2.28. The highest BCUT2D eigenvalue weighted by molar-refractivity contribution is 9.10. The van der Waals surface area contributed by atoms with Crippen LogP contribution in [0.3, 0.4) is 0 Å². The summed E-state index contributed by atoms with van der Waals surface area (Å²) in [5, 5.41) is 9.86. The van der Waals surface area contributed by atoms with Crippen LogP contribution in [-0.4, -0.2) is 16.7 Å². The minimum Gasteiger partial charge on any atom is -0.496 e. The molecule has 2 aromatic heterocycles. The van der Waals surface area contributed by atoms with Crippen LogP contribution in [0.1, 0.15) is 28.3 Å². The molecule has 0 spiro atoms. The molecule has 3 heterocycles. The molecule has 1 aliphatic heterocycles. The van der Waals surface area contributed by atoms with Gasteiger partial charge < -0.3 is 19.8 Å². The quantitative estimate of drug-likeness (QED) is 0.614. The van der Waals surface area contributed by atoms with E-state index in [4.69, 9.17) is 15.2 Å². The van der Waals surface area contributed by atoms with Gasteiger partial charge in [0, 0.05) is 34.2 Å². The van der Waals surface area contributed by atoms with E-state index in [-0.39, 0.29) is 17.0 Å². The first-order valence-electron chi connectivity index (χ1n) is 9.48. The molecule has 8 heteroatoms. The molecule has 156 valence electrons. The van der Waals surface area contributed by atoms with Crippen molar-refractivity contribution in [2.75, 3.05) is 7.11 Å². The molecular weight excluding hydrogens is 460 g/mol. The van der Waals surface area contributed by atoms with Crippen LogP contribution >= 0.6 is 15.9 Å². The Labute approximate surface area is 187 Å². The Morgan fingerprint density at radius 2 is 2.16 bits per heavy atom. The Morgan fingerprint density at radius 1 is 1.35 bits per heavy atom. The van der Waals surface area contributed by atoms with Gasteiger partial charge in [0.2, 0.25) is 5.88 Å². The Hall–Kier alpha value is -3.57. The van der Waals surface area contributed by atoms with Crippen molar-refractivity contribution < 1.29 is 9.47 Å². The summed E-state index contributed by atoms with van der Waals surface area (Å²) < 4.78 is 13.7. The van der Waals surface area contributed by atoms with Crippen LogP contribution in [0.15, 0.2) is 69.5 Å². The highest BCUT2D eigenvalue weighted by atomic mass is 79.9. The molecule has 0 bridgehead atoms. The lowest BCUT2D eigenvalue weighted by molar-refractivity contribution is 0.382. The van der Waals surface area contributed by atoms with E-state index in [2.05, 4.69) is 27.0 Å². The van der Waals surface area contributed by atoms with Gasteiger partial charge in [-0.15, -0.1) is 0 Å². The molecule has 7 nitrogen and oxygen atoms in total. The van der Waals surface area contributed by atoms with Gasteiger partial charge in [0.25, 0.3) is 5.56 Å². The minimum atomic E-state index is -0.727. The van der Waals surface area contributed by atoms with Gasteiger partial charge >= 0.3 is 0 Å². The van der Waals surface area contributed by atoms with Crippen LogP contribution in [-0.2, 0) is 6.54 Å². The summed E-state index contributed by atoms with van der Waals surface area (Å²) in [5.41, 5.74) is 8.58. The van der Waals surface area contributed by atoms with E-state index in [0.717, 1.165) is 10.0 Å². The van der Waals surface area contributed by atoms with Crippen molar-refractivity contribution >= 4 is 15.9 Å². The Bertz CT molecular complexity index is 1290. The number of aryl methyl sites for hydroxylation is 1. The second-order valence-electron chi connectivity index (χ2n) is 7.13. The molecule has 0 unspecified atom stereocenters. The third-order valence-electron chi connectivity index (χ3n) is 5.26. The number of nitrogens with two attached hydrogens (primary N) is 1. The fourth-order valence-electron chi connectivity index (χ4n) is 3.80. The third kappa shape index (κ3) is 3.68. The summed E-state index contributed by atoms with van der Waals surface area (Å²) in [5.74, 6) is 0.133. The van der Waals surface area contributed by atoms with Crippen LogP contribution in [0, 0.1) is 18.3 Å². The van der Waals surface area contributed by atoms with E-state index in [1.165, 1.54) is 0 Å². The lowest BCUT2D eigenvalue weighted by Crippen LogP contribution is -2.33. The number of pyridine rings is 2. The van der Waals surface area contributed by atoms with E-state index in [0.29, 0.717) is 34.9 Å². The first-order chi connectivity index (χ1) is 14.9. The van der Waals surface area contributed by atoms with E-state index < -0.39 is 5.92 Å². The SMILES string of the molecule is COc1ccc(Br)cc1[C@H]1C(C#N)=C(N)Oc2cc(C)n(Cc3cccnc3)c(=O)c21. The van der Waals surface area contributed by atoms with Crippen molar-refractivity contribution in [2.24, 2.45) is 5.73 Å². The third-order valence-corrected chi connectivity index (χ3v) is 5.75. The summed E-state index contributed by atoms with van der Waals surface area (Å²) in [6, 6.07) is 13.1. The molecule has 0 saturated heterocycles. The molecule has 0 radical (unpaired) electrons. The topological polar surface area (TPSA) is 103 Å². The summed E-state index contributed by atoms with van der Waals surface area (Å²) in [6.07, 6.45) is 3.40. The highest BCUT2D eigenvalue weighted by Crippen LogP contribution is 2.44. The number of hydrogen-bond acceptors (Lipinski definition) is 6. The van der Waals surface area contributed by atoms with Crippen molar-refractivity contribution in [1.82, 2.24) is 9.55 Å². The van der Waals surface area contributed by atoms with Gasteiger partial charge in [-0.05, 0) is 36.8 Å². The van der Waals surface area contributed by atoms with E-state index >= 15 is 0 Å². The Balaban J connectivity index is 1.98. The van der Waals surface area contributed by atoms with Crippen molar-refractivity contribution in [3.8, 4) is 17.6 Å². The number of nitrogens with zero attached hydrogens (tertiary/aromatic N) is 3. The molecule has 1 aliphatic rings. The average Bonchev–Trinajstić information content (AvgIpc) is 2.76. The van der Waals surface area contributed by atoms with E-state index in [1.54, 1.807) is 36.2 Å². The maximum Gasteiger partial charge on any atom is 0.259 e. The summed E-state index contributed by atoms with van der Waals surface area (Å²) in [7, 11) is 1.54. The molecule has 0 aliphatic carbocycles. The smallest absolute Gasteiger partial charge is 0.259 e. The number of allylic oxidation sites excluding steroid dienone is 1. The molecule has 4 rings (SSSR count). The highest BCUT2D eigenvalue weighted by Gasteiger charge is 2.36. The monoisotopic (exact) mass is 478 g/mol.